The van der Waals surface area contributed by atoms with Crippen LogP contribution in [0.15, 0.2) is 36.4 Å². The molecule has 2 aromatic rings. The molecule has 35 heavy (non-hydrogen) atoms. The third-order valence-electron chi connectivity index (χ3n) is 4.70. The monoisotopic (exact) mass is 486 g/mol. The fraction of sp³-hybridized carbons (Fsp3) is 0.538. The molecule has 0 fully saturated rings. The average Bonchev–Trinajstić information content (AvgIpc) is 2.77. The van der Waals surface area contributed by atoms with Crippen LogP contribution in [-0.2, 0) is 37.0 Å². The van der Waals surface area contributed by atoms with E-state index in [1.807, 2.05) is 65.8 Å². The van der Waals surface area contributed by atoms with E-state index in [0.717, 1.165) is 11.4 Å². The van der Waals surface area contributed by atoms with Crippen LogP contribution in [0.1, 0.15) is 52.9 Å². The van der Waals surface area contributed by atoms with E-state index in [-0.39, 0.29) is 11.8 Å². The van der Waals surface area contributed by atoms with Gasteiger partial charge in [0.1, 0.15) is 11.6 Å². The number of carbonyl (C=O) groups is 2. The SMILES string of the molecule is CC(C)(C)C(=O)Nc1cccc(COCCOCCOCc2cccc(NC(=O)C(C)(C)C)n2)n1. The maximum Gasteiger partial charge on any atom is 0.230 e. The lowest BCUT2D eigenvalue weighted by Crippen LogP contribution is -2.28. The zero-order valence-electron chi connectivity index (χ0n) is 21.6. The van der Waals surface area contributed by atoms with Gasteiger partial charge in [-0.25, -0.2) is 9.97 Å². The number of carbonyl (C=O) groups excluding carboxylic acids is 2. The zero-order valence-corrected chi connectivity index (χ0v) is 21.6. The summed E-state index contributed by atoms with van der Waals surface area (Å²) < 4.78 is 16.7. The topological polar surface area (TPSA) is 112 Å². The molecular weight excluding hydrogens is 448 g/mol. The van der Waals surface area contributed by atoms with Gasteiger partial charge in [-0.15, -0.1) is 0 Å². The summed E-state index contributed by atoms with van der Waals surface area (Å²) in [6.45, 7) is 13.4. The summed E-state index contributed by atoms with van der Waals surface area (Å²) in [5.74, 6) is 0.844. The fourth-order valence-corrected chi connectivity index (χ4v) is 2.56. The molecule has 2 aromatic heterocycles. The second-order valence-electron chi connectivity index (χ2n) is 10.2. The van der Waals surface area contributed by atoms with Crippen molar-refractivity contribution in [2.45, 2.75) is 54.8 Å². The van der Waals surface area contributed by atoms with E-state index in [4.69, 9.17) is 14.2 Å². The fourth-order valence-electron chi connectivity index (χ4n) is 2.56. The van der Waals surface area contributed by atoms with E-state index in [9.17, 15) is 9.59 Å². The number of ether oxygens (including phenoxy) is 3. The Balaban J connectivity index is 1.58. The van der Waals surface area contributed by atoms with Gasteiger partial charge in [-0.05, 0) is 24.3 Å². The molecule has 2 amide bonds. The van der Waals surface area contributed by atoms with Crippen LogP contribution in [0.5, 0.6) is 0 Å². The van der Waals surface area contributed by atoms with Gasteiger partial charge in [-0.2, -0.15) is 0 Å². The quantitative estimate of drug-likeness (QED) is 0.433. The van der Waals surface area contributed by atoms with Gasteiger partial charge < -0.3 is 24.8 Å². The highest BCUT2D eigenvalue weighted by atomic mass is 16.5. The molecule has 0 aliphatic heterocycles. The average molecular weight is 487 g/mol. The molecule has 0 unspecified atom stereocenters. The second-order valence-corrected chi connectivity index (χ2v) is 10.2. The summed E-state index contributed by atoms with van der Waals surface area (Å²) in [6, 6.07) is 10.9. The molecule has 0 saturated heterocycles. The molecule has 192 valence electrons. The van der Waals surface area contributed by atoms with Crippen LogP contribution < -0.4 is 10.6 Å². The van der Waals surface area contributed by atoms with E-state index in [0.29, 0.717) is 51.3 Å². The highest BCUT2D eigenvalue weighted by Gasteiger charge is 2.22. The Hall–Kier alpha value is -2.88. The number of amides is 2. The van der Waals surface area contributed by atoms with Crippen molar-refractivity contribution < 1.29 is 23.8 Å². The number of hydrogen-bond acceptors (Lipinski definition) is 7. The Bertz CT molecular complexity index is 889. The highest BCUT2D eigenvalue weighted by Crippen LogP contribution is 2.17. The van der Waals surface area contributed by atoms with Crippen molar-refractivity contribution in [1.82, 2.24) is 9.97 Å². The van der Waals surface area contributed by atoms with Gasteiger partial charge in [0.2, 0.25) is 11.8 Å². The summed E-state index contributed by atoms with van der Waals surface area (Å²) in [5.41, 5.74) is 0.487. The van der Waals surface area contributed by atoms with E-state index in [2.05, 4.69) is 20.6 Å². The van der Waals surface area contributed by atoms with Crippen molar-refractivity contribution in [3.63, 3.8) is 0 Å². The van der Waals surface area contributed by atoms with E-state index in [1.165, 1.54) is 0 Å². The van der Waals surface area contributed by atoms with Gasteiger partial charge in [-0.3, -0.25) is 9.59 Å². The molecule has 9 heteroatoms. The third-order valence-corrected chi connectivity index (χ3v) is 4.70. The van der Waals surface area contributed by atoms with Crippen LogP contribution in [0.4, 0.5) is 11.6 Å². The van der Waals surface area contributed by atoms with E-state index in [1.54, 1.807) is 12.1 Å². The molecule has 9 nitrogen and oxygen atoms in total. The molecule has 0 atom stereocenters. The molecule has 0 aromatic carbocycles. The molecule has 0 spiro atoms. The van der Waals surface area contributed by atoms with Crippen LogP contribution >= 0.6 is 0 Å². The van der Waals surface area contributed by atoms with Crippen molar-refractivity contribution in [1.29, 1.82) is 0 Å². The Morgan fingerprint density at radius 2 is 1.03 bits per heavy atom. The summed E-state index contributed by atoms with van der Waals surface area (Å²) in [6.07, 6.45) is 0. The van der Waals surface area contributed by atoms with Crippen molar-refractivity contribution in [3.05, 3.63) is 47.8 Å². The molecule has 0 radical (unpaired) electrons. The highest BCUT2D eigenvalue weighted by molar-refractivity contribution is 5.94. The van der Waals surface area contributed by atoms with Crippen molar-refractivity contribution >= 4 is 23.5 Å². The first-order valence-electron chi connectivity index (χ1n) is 11.7. The molecule has 2 N–H and O–H groups in total. The normalized spacial score (nSPS) is 11.8. The maximum absolute atomic E-state index is 12.1. The van der Waals surface area contributed by atoms with Gasteiger partial charge >= 0.3 is 0 Å². The Morgan fingerprint density at radius 1 is 0.657 bits per heavy atom. The predicted octanol–water partition coefficient (Wildman–Crippen LogP) is 4.20. The minimum Gasteiger partial charge on any atom is -0.377 e. The Kier molecular flexibility index (Phi) is 10.8. The molecule has 0 aliphatic carbocycles. The minimum absolute atomic E-state index is 0.0884. The van der Waals surface area contributed by atoms with E-state index >= 15 is 0 Å². The van der Waals surface area contributed by atoms with Crippen molar-refractivity contribution in [2.24, 2.45) is 10.8 Å². The number of nitrogens with zero attached hydrogens (tertiary/aromatic N) is 2. The number of rotatable bonds is 12. The second kappa shape index (κ2) is 13.3. The van der Waals surface area contributed by atoms with Gasteiger partial charge in [-0.1, -0.05) is 53.7 Å². The third kappa shape index (κ3) is 10.9. The van der Waals surface area contributed by atoms with Crippen LogP contribution in [0.2, 0.25) is 0 Å². The van der Waals surface area contributed by atoms with Crippen LogP contribution in [0.3, 0.4) is 0 Å². The van der Waals surface area contributed by atoms with Gasteiger partial charge in [0.05, 0.1) is 51.0 Å². The molecule has 0 saturated carbocycles. The summed E-state index contributed by atoms with van der Waals surface area (Å²) in [4.78, 5) is 33.0. The van der Waals surface area contributed by atoms with Gasteiger partial charge in [0.25, 0.3) is 0 Å². The van der Waals surface area contributed by atoms with E-state index < -0.39 is 10.8 Å². The van der Waals surface area contributed by atoms with Crippen molar-refractivity contribution in [2.75, 3.05) is 37.1 Å². The largest absolute Gasteiger partial charge is 0.377 e. The Labute approximate surface area is 208 Å². The molecule has 2 rings (SSSR count). The Morgan fingerprint density at radius 3 is 1.40 bits per heavy atom. The number of hydrogen-bond donors (Lipinski definition) is 2. The smallest absolute Gasteiger partial charge is 0.230 e. The lowest BCUT2D eigenvalue weighted by atomic mass is 9.96. The van der Waals surface area contributed by atoms with Crippen molar-refractivity contribution in [3.8, 4) is 0 Å². The summed E-state index contributed by atoms with van der Waals surface area (Å²) in [5, 5.41) is 5.63. The minimum atomic E-state index is -0.487. The first kappa shape index (κ1) is 28.4. The molecule has 0 bridgehead atoms. The summed E-state index contributed by atoms with van der Waals surface area (Å²) in [7, 11) is 0. The number of nitrogens with one attached hydrogen (secondary N) is 2. The lowest BCUT2D eigenvalue weighted by molar-refractivity contribution is -0.123. The summed E-state index contributed by atoms with van der Waals surface area (Å²) >= 11 is 0. The molecule has 0 aliphatic rings. The lowest BCUT2D eigenvalue weighted by Gasteiger charge is -2.17. The standard InChI is InChI=1S/C26H38N4O5/c1-25(2,3)23(31)29-21-11-7-9-19(27-21)17-34-15-13-33-14-16-35-18-20-10-8-12-22(28-20)30-24(32)26(4,5)6/h7-12H,13-18H2,1-6H3,(H,27,29,31)(H,28,30,32). The molecule has 2 heterocycles. The predicted molar refractivity (Wildman–Crippen MR) is 135 cm³/mol. The first-order valence-corrected chi connectivity index (χ1v) is 11.7. The number of anilines is 2. The maximum atomic E-state index is 12.1. The number of aromatic nitrogens is 2. The van der Waals surface area contributed by atoms with Crippen LogP contribution in [0, 0.1) is 10.8 Å². The first-order chi connectivity index (χ1) is 16.4. The number of pyridine rings is 2. The van der Waals surface area contributed by atoms with Gasteiger partial charge in [0.15, 0.2) is 0 Å². The van der Waals surface area contributed by atoms with Crippen LogP contribution in [0.25, 0.3) is 0 Å². The van der Waals surface area contributed by atoms with Crippen LogP contribution in [-0.4, -0.2) is 48.2 Å². The molecular formula is C26H38N4O5. The zero-order chi connectivity index (χ0) is 25.9. The van der Waals surface area contributed by atoms with Gasteiger partial charge in [0, 0.05) is 10.8 Å².